The zero-order valence-electron chi connectivity index (χ0n) is 8.71. The van der Waals surface area contributed by atoms with Gasteiger partial charge in [0.2, 0.25) is 0 Å². The summed E-state index contributed by atoms with van der Waals surface area (Å²) in [5.74, 6) is 1.25. The molecule has 0 radical (unpaired) electrons. The van der Waals surface area contributed by atoms with E-state index >= 15 is 0 Å². The normalized spacial score (nSPS) is 27.0. The standard InChI is InChI=1S/C10H17N3O/c1-3-7-9(12-13-10(7)11)8-4-6(2)5-14-8/h6,8H,3-5H2,1-2H3,(H3,11,12,13). The Hall–Kier alpha value is -1.03. The Morgan fingerprint density at radius 2 is 2.43 bits per heavy atom. The first kappa shape index (κ1) is 9.52. The number of nitrogens with one attached hydrogen (secondary N) is 1. The maximum atomic E-state index is 5.76. The summed E-state index contributed by atoms with van der Waals surface area (Å²) >= 11 is 0. The van der Waals surface area contributed by atoms with Gasteiger partial charge < -0.3 is 10.5 Å². The summed E-state index contributed by atoms with van der Waals surface area (Å²) < 4.78 is 5.68. The fourth-order valence-electron chi connectivity index (χ4n) is 2.01. The molecule has 0 aromatic carbocycles. The minimum absolute atomic E-state index is 0.171. The van der Waals surface area contributed by atoms with Crippen LogP contribution in [0.3, 0.4) is 0 Å². The highest BCUT2D eigenvalue weighted by atomic mass is 16.5. The van der Waals surface area contributed by atoms with E-state index in [9.17, 15) is 0 Å². The van der Waals surface area contributed by atoms with Gasteiger partial charge in [-0.15, -0.1) is 0 Å². The largest absolute Gasteiger partial charge is 0.382 e. The van der Waals surface area contributed by atoms with Crippen molar-refractivity contribution in [2.24, 2.45) is 5.92 Å². The van der Waals surface area contributed by atoms with Crippen LogP contribution in [0.5, 0.6) is 0 Å². The van der Waals surface area contributed by atoms with Crippen LogP contribution in [-0.2, 0) is 11.2 Å². The molecule has 1 aromatic heterocycles. The van der Waals surface area contributed by atoms with E-state index in [0.29, 0.717) is 11.7 Å². The third kappa shape index (κ3) is 1.50. The van der Waals surface area contributed by atoms with E-state index in [1.807, 2.05) is 0 Å². The van der Waals surface area contributed by atoms with Crippen molar-refractivity contribution in [3.63, 3.8) is 0 Å². The number of ether oxygens (including phenoxy) is 1. The monoisotopic (exact) mass is 195 g/mol. The van der Waals surface area contributed by atoms with Crippen molar-refractivity contribution in [2.45, 2.75) is 32.8 Å². The van der Waals surface area contributed by atoms with E-state index in [2.05, 4.69) is 24.0 Å². The molecular weight excluding hydrogens is 178 g/mol. The topological polar surface area (TPSA) is 63.9 Å². The molecule has 1 aliphatic rings. The van der Waals surface area contributed by atoms with E-state index in [1.165, 1.54) is 0 Å². The van der Waals surface area contributed by atoms with Gasteiger partial charge in [-0.1, -0.05) is 13.8 Å². The van der Waals surface area contributed by atoms with E-state index in [1.54, 1.807) is 0 Å². The molecule has 1 fully saturated rings. The fraction of sp³-hybridized carbons (Fsp3) is 0.700. The number of H-pyrrole nitrogens is 1. The molecule has 2 atom stereocenters. The third-order valence-electron chi connectivity index (χ3n) is 2.81. The summed E-state index contributed by atoms with van der Waals surface area (Å²) in [7, 11) is 0. The van der Waals surface area contributed by atoms with Gasteiger partial charge in [-0.2, -0.15) is 5.10 Å². The van der Waals surface area contributed by atoms with Crippen molar-refractivity contribution < 1.29 is 4.74 Å². The van der Waals surface area contributed by atoms with E-state index < -0.39 is 0 Å². The van der Waals surface area contributed by atoms with Gasteiger partial charge in [0.05, 0.1) is 18.4 Å². The van der Waals surface area contributed by atoms with Crippen molar-refractivity contribution in [1.82, 2.24) is 10.2 Å². The molecule has 78 valence electrons. The first-order chi connectivity index (χ1) is 6.72. The number of aromatic nitrogens is 2. The highest BCUT2D eigenvalue weighted by Gasteiger charge is 2.27. The maximum absolute atomic E-state index is 5.76. The minimum atomic E-state index is 0.171. The molecule has 4 heteroatoms. The van der Waals surface area contributed by atoms with E-state index in [-0.39, 0.29) is 6.10 Å². The lowest BCUT2D eigenvalue weighted by atomic mass is 10.0. The lowest BCUT2D eigenvalue weighted by molar-refractivity contribution is 0.104. The van der Waals surface area contributed by atoms with Gasteiger partial charge in [0.25, 0.3) is 0 Å². The molecule has 1 aliphatic heterocycles. The Bertz CT molecular complexity index is 321. The predicted octanol–water partition coefficient (Wildman–Crippen LogP) is 1.65. The Morgan fingerprint density at radius 1 is 1.64 bits per heavy atom. The number of hydrogen-bond donors (Lipinski definition) is 2. The summed E-state index contributed by atoms with van der Waals surface area (Å²) in [6.07, 6.45) is 2.14. The summed E-state index contributed by atoms with van der Waals surface area (Å²) in [5, 5.41) is 7.02. The third-order valence-corrected chi connectivity index (χ3v) is 2.81. The number of aromatic amines is 1. The number of nitrogens with zero attached hydrogens (tertiary/aromatic N) is 1. The van der Waals surface area contributed by atoms with Crippen LogP contribution in [0.25, 0.3) is 0 Å². The smallest absolute Gasteiger partial charge is 0.148 e. The molecule has 0 spiro atoms. The number of anilines is 1. The summed E-state index contributed by atoms with van der Waals surface area (Å²) in [4.78, 5) is 0. The highest BCUT2D eigenvalue weighted by molar-refractivity contribution is 5.42. The Labute approximate surface area is 83.8 Å². The Morgan fingerprint density at radius 3 is 3.00 bits per heavy atom. The van der Waals surface area contributed by atoms with Crippen LogP contribution < -0.4 is 5.73 Å². The van der Waals surface area contributed by atoms with Gasteiger partial charge in [0.15, 0.2) is 0 Å². The molecule has 2 heterocycles. The Kier molecular flexibility index (Phi) is 2.46. The van der Waals surface area contributed by atoms with Crippen molar-refractivity contribution in [2.75, 3.05) is 12.3 Å². The maximum Gasteiger partial charge on any atom is 0.148 e. The zero-order chi connectivity index (χ0) is 10.1. The molecule has 0 amide bonds. The van der Waals surface area contributed by atoms with Crippen molar-refractivity contribution in [1.29, 1.82) is 0 Å². The van der Waals surface area contributed by atoms with E-state index in [0.717, 1.165) is 30.7 Å². The molecule has 4 nitrogen and oxygen atoms in total. The second-order valence-corrected chi connectivity index (χ2v) is 4.02. The van der Waals surface area contributed by atoms with Crippen LogP contribution in [0.1, 0.15) is 37.6 Å². The van der Waals surface area contributed by atoms with Gasteiger partial charge >= 0.3 is 0 Å². The molecule has 1 saturated heterocycles. The summed E-state index contributed by atoms with van der Waals surface area (Å²) in [6, 6.07) is 0. The summed E-state index contributed by atoms with van der Waals surface area (Å²) in [6.45, 7) is 5.13. The van der Waals surface area contributed by atoms with Crippen LogP contribution >= 0.6 is 0 Å². The van der Waals surface area contributed by atoms with Crippen LogP contribution in [0.2, 0.25) is 0 Å². The zero-order valence-corrected chi connectivity index (χ0v) is 8.71. The molecule has 14 heavy (non-hydrogen) atoms. The molecule has 0 saturated carbocycles. The minimum Gasteiger partial charge on any atom is -0.382 e. The van der Waals surface area contributed by atoms with Crippen molar-refractivity contribution in [3.8, 4) is 0 Å². The van der Waals surface area contributed by atoms with Crippen molar-refractivity contribution >= 4 is 5.82 Å². The molecule has 3 N–H and O–H groups in total. The second kappa shape index (κ2) is 3.61. The Balaban J connectivity index is 2.23. The van der Waals surface area contributed by atoms with Crippen molar-refractivity contribution in [3.05, 3.63) is 11.3 Å². The van der Waals surface area contributed by atoms with Gasteiger partial charge in [0, 0.05) is 5.56 Å². The molecule has 0 bridgehead atoms. The molecule has 1 aromatic rings. The molecule has 2 rings (SSSR count). The van der Waals surface area contributed by atoms with Crippen LogP contribution in [0.15, 0.2) is 0 Å². The second-order valence-electron chi connectivity index (χ2n) is 4.02. The number of hydrogen-bond acceptors (Lipinski definition) is 3. The predicted molar refractivity (Wildman–Crippen MR) is 54.9 cm³/mol. The van der Waals surface area contributed by atoms with Crippen LogP contribution in [-0.4, -0.2) is 16.8 Å². The highest BCUT2D eigenvalue weighted by Crippen LogP contribution is 2.34. The average molecular weight is 195 g/mol. The summed E-state index contributed by atoms with van der Waals surface area (Å²) in [5.41, 5.74) is 7.95. The number of nitrogen functional groups attached to an aromatic ring is 1. The number of nitrogens with two attached hydrogens (primary N) is 1. The molecule has 2 unspecified atom stereocenters. The lowest BCUT2D eigenvalue weighted by Crippen LogP contribution is -2.00. The van der Waals surface area contributed by atoms with Crippen LogP contribution in [0.4, 0.5) is 5.82 Å². The number of rotatable bonds is 2. The lowest BCUT2D eigenvalue weighted by Gasteiger charge is -2.08. The first-order valence-electron chi connectivity index (χ1n) is 5.16. The quantitative estimate of drug-likeness (QED) is 0.754. The van der Waals surface area contributed by atoms with Crippen LogP contribution in [0, 0.1) is 5.92 Å². The van der Waals surface area contributed by atoms with E-state index in [4.69, 9.17) is 10.5 Å². The van der Waals surface area contributed by atoms with Gasteiger partial charge in [-0.3, -0.25) is 5.10 Å². The average Bonchev–Trinajstić information content (AvgIpc) is 2.71. The molecule has 0 aliphatic carbocycles. The van der Waals surface area contributed by atoms with Gasteiger partial charge in [0.1, 0.15) is 5.82 Å². The van der Waals surface area contributed by atoms with Gasteiger partial charge in [-0.25, -0.2) is 0 Å². The fourth-order valence-corrected chi connectivity index (χ4v) is 2.01. The first-order valence-corrected chi connectivity index (χ1v) is 5.16. The molecular formula is C10H17N3O. The van der Waals surface area contributed by atoms with Gasteiger partial charge in [-0.05, 0) is 18.8 Å². The SMILES string of the molecule is CCc1c(N)n[nH]c1C1CC(C)CO1.